The van der Waals surface area contributed by atoms with Crippen molar-refractivity contribution in [2.24, 2.45) is 5.41 Å². The number of piperidine rings is 1. The lowest BCUT2D eigenvalue weighted by Gasteiger charge is -2.39. The van der Waals surface area contributed by atoms with Crippen molar-refractivity contribution in [3.63, 3.8) is 0 Å². The van der Waals surface area contributed by atoms with Crippen LogP contribution in [0.4, 0.5) is 4.39 Å². The molecule has 0 saturated carbocycles. The molecule has 27 heavy (non-hydrogen) atoms. The van der Waals surface area contributed by atoms with E-state index in [0.29, 0.717) is 38.1 Å². The van der Waals surface area contributed by atoms with E-state index in [0.717, 1.165) is 12.0 Å². The molecule has 0 aromatic carbocycles. The number of rotatable bonds is 3. The Balaban J connectivity index is 1.58. The molecule has 2 aromatic rings. The average molecular weight is 374 g/mol. The summed E-state index contributed by atoms with van der Waals surface area (Å²) in [5.41, 5.74) is 0.513. The molecule has 2 fully saturated rings. The molecule has 1 spiro atoms. The number of aliphatic hydroxyl groups excluding tert-OH is 1. The zero-order valence-corrected chi connectivity index (χ0v) is 15.3. The predicted octanol–water partition coefficient (Wildman–Crippen LogP) is 1.23. The number of hydrogen-bond acceptors (Lipinski definition) is 4. The summed E-state index contributed by atoms with van der Waals surface area (Å²) in [5, 5.41) is 9.16. The number of β-amino-alcohol motifs (C(OH)–C–C–N with tert-alkyl or cyclic N) is 1. The Hall–Kier alpha value is -2.48. The number of carbonyl (C=O) groups excluding carboxylic acids is 2. The summed E-state index contributed by atoms with van der Waals surface area (Å²) in [6.45, 7) is 3.44. The highest BCUT2D eigenvalue weighted by Gasteiger charge is 2.49. The van der Waals surface area contributed by atoms with Gasteiger partial charge in [-0.15, -0.1) is 0 Å². The summed E-state index contributed by atoms with van der Waals surface area (Å²) in [6, 6.07) is 3.48. The lowest BCUT2D eigenvalue weighted by atomic mass is 9.78. The molecule has 2 amide bonds. The van der Waals surface area contributed by atoms with Gasteiger partial charge in [0, 0.05) is 32.4 Å². The van der Waals surface area contributed by atoms with Crippen LogP contribution in [-0.2, 0) is 4.79 Å². The number of fused-ring (bicyclic) bond motifs is 1. The van der Waals surface area contributed by atoms with Crippen LogP contribution in [-0.4, -0.2) is 68.9 Å². The smallest absolute Gasteiger partial charge is 0.277 e. The van der Waals surface area contributed by atoms with E-state index >= 15 is 0 Å². The number of aliphatic hydroxyl groups is 1. The monoisotopic (exact) mass is 374 g/mol. The van der Waals surface area contributed by atoms with Crippen molar-refractivity contribution in [3.05, 3.63) is 35.5 Å². The first-order valence-electron chi connectivity index (χ1n) is 9.29. The number of likely N-dealkylation sites (tertiary alicyclic amines) is 2. The van der Waals surface area contributed by atoms with Gasteiger partial charge >= 0.3 is 0 Å². The highest BCUT2D eigenvalue weighted by molar-refractivity contribution is 5.94. The third kappa shape index (κ3) is 2.88. The summed E-state index contributed by atoms with van der Waals surface area (Å²) in [7, 11) is 0. The molecule has 2 aromatic heterocycles. The van der Waals surface area contributed by atoms with Crippen LogP contribution in [0.5, 0.6) is 0 Å². The van der Waals surface area contributed by atoms with E-state index in [4.69, 9.17) is 5.11 Å². The van der Waals surface area contributed by atoms with Gasteiger partial charge in [0.2, 0.25) is 11.9 Å². The van der Waals surface area contributed by atoms with Crippen molar-refractivity contribution in [2.75, 3.05) is 32.8 Å². The highest BCUT2D eigenvalue weighted by atomic mass is 19.1. The number of amides is 2. The standard InChI is InChI=1S/C19H23FN4O3/c1-13-3-7-24-14(11-13)21-15(16(24)20)17(26)23-8-5-19(12-23)4-2-6-22(9-10-25)18(19)27/h3,7,11,25H,2,4-6,8-10,12H2,1H3/t19-/m0/s1. The minimum atomic E-state index is -0.673. The largest absolute Gasteiger partial charge is 0.395 e. The molecule has 0 radical (unpaired) electrons. The maximum atomic E-state index is 14.7. The number of aromatic nitrogens is 2. The van der Waals surface area contributed by atoms with E-state index in [-0.39, 0.29) is 24.8 Å². The maximum Gasteiger partial charge on any atom is 0.277 e. The van der Waals surface area contributed by atoms with Gasteiger partial charge in [0.25, 0.3) is 5.91 Å². The van der Waals surface area contributed by atoms with Crippen LogP contribution in [0.15, 0.2) is 18.3 Å². The third-order valence-electron chi connectivity index (χ3n) is 5.76. The van der Waals surface area contributed by atoms with Gasteiger partial charge in [-0.1, -0.05) is 0 Å². The molecule has 7 nitrogen and oxygen atoms in total. The van der Waals surface area contributed by atoms with E-state index in [1.165, 1.54) is 9.30 Å². The van der Waals surface area contributed by atoms with E-state index in [1.54, 1.807) is 23.2 Å². The molecule has 8 heteroatoms. The zero-order valence-electron chi connectivity index (χ0n) is 15.3. The zero-order chi connectivity index (χ0) is 19.2. The van der Waals surface area contributed by atoms with Gasteiger partial charge in [-0.25, -0.2) is 4.98 Å². The van der Waals surface area contributed by atoms with Gasteiger partial charge in [0.15, 0.2) is 5.69 Å². The number of hydrogen-bond donors (Lipinski definition) is 1. The lowest BCUT2D eigenvalue weighted by Crippen LogP contribution is -2.51. The minimum Gasteiger partial charge on any atom is -0.395 e. The number of pyridine rings is 1. The minimum absolute atomic E-state index is 0.0100. The number of nitrogens with zero attached hydrogens (tertiary/aromatic N) is 4. The number of halogens is 1. The normalized spacial score (nSPS) is 23.0. The van der Waals surface area contributed by atoms with Gasteiger partial charge in [0.05, 0.1) is 12.0 Å². The first-order valence-corrected chi connectivity index (χ1v) is 9.29. The summed E-state index contributed by atoms with van der Waals surface area (Å²) < 4.78 is 16.0. The molecule has 1 N–H and O–H groups in total. The second-order valence-corrected chi connectivity index (χ2v) is 7.56. The molecule has 144 valence electrons. The molecule has 1 atom stereocenters. The van der Waals surface area contributed by atoms with Crippen LogP contribution in [0.3, 0.4) is 0 Å². The van der Waals surface area contributed by atoms with Crippen LogP contribution in [0.25, 0.3) is 5.65 Å². The molecule has 0 aliphatic carbocycles. The van der Waals surface area contributed by atoms with Crippen molar-refractivity contribution in [3.8, 4) is 0 Å². The van der Waals surface area contributed by atoms with Gasteiger partial charge in [0.1, 0.15) is 5.65 Å². The fourth-order valence-corrected chi connectivity index (χ4v) is 4.31. The molecule has 4 heterocycles. The van der Waals surface area contributed by atoms with Crippen molar-refractivity contribution >= 4 is 17.5 Å². The van der Waals surface area contributed by atoms with E-state index in [2.05, 4.69) is 4.98 Å². The van der Waals surface area contributed by atoms with Gasteiger partial charge < -0.3 is 14.9 Å². The molecule has 2 aliphatic rings. The summed E-state index contributed by atoms with van der Waals surface area (Å²) in [6.07, 6.45) is 3.68. The summed E-state index contributed by atoms with van der Waals surface area (Å²) >= 11 is 0. The van der Waals surface area contributed by atoms with Crippen LogP contribution in [0.1, 0.15) is 35.3 Å². The molecule has 2 aliphatic heterocycles. The van der Waals surface area contributed by atoms with Gasteiger partial charge in [-0.05, 0) is 43.9 Å². The second kappa shape index (κ2) is 6.60. The van der Waals surface area contributed by atoms with E-state index in [1.807, 2.05) is 6.92 Å². The van der Waals surface area contributed by atoms with Crippen molar-refractivity contribution in [2.45, 2.75) is 26.2 Å². The first-order chi connectivity index (χ1) is 12.9. The Morgan fingerprint density at radius 3 is 2.96 bits per heavy atom. The quantitative estimate of drug-likeness (QED) is 0.877. The average Bonchev–Trinajstić information content (AvgIpc) is 3.21. The molecule has 4 rings (SSSR count). The van der Waals surface area contributed by atoms with Gasteiger partial charge in [-0.3, -0.25) is 14.0 Å². The van der Waals surface area contributed by atoms with Crippen LogP contribution >= 0.6 is 0 Å². The summed E-state index contributed by atoms with van der Waals surface area (Å²) in [5.74, 6) is -1.16. The lowest BCUT2D eigenvalue weighted by molar-refractivity contribution is -0.146. The van der Waals surface area contributed by atoms with E-state index < -0.39 is 17.3 Å². The Bertz CT molecular complexity index is 910. The molecule has 0 bridgehead atoms. The van der Waals surface area contributed by atoms with Crippen LogP contribution < -0.4 is 0 Å². The SMILES string of the molecule is Cc1ccn2c(F)c(C(=O)N3CC[C@@]4(CCCN(CCO)C4=O)C3)nc2c1. The van der Waals surface area contributed by atoms with E-state index in [9.17, 15) is 14.0 Å². The fourth-order valence-electron chi connectivity index (χ4n) is 4.31. The number of aryl methyl sites for hydroxylation is 1. The fraction of sp³-hybridized carbons (Fsp3) is 0.526. The molecule has 0 unspecified atom stereocenters. The highest BCUT2D eigenvalue weighted by Crippen LogP contribution is 2.40. The maximum absolute atomic E-state index is 14.7. The molecular weight excluding hydrogens is 351 g/mol. The Morgan fingerprint density at radius 2 is 2.19 bits per heavy atom. The Morgan fingerprint density at radius 1 is 1.37 bits per heavy atom. The Labute approximate surface area is 156 Å². The Kier molecular flexibility index (Phi) is 4.38. The molecule has 2 saturated heterocycles. The third-order valence-corrected chi connectivity index (χ3v) is 5.76. The second-order valence-electron chi connectivity index (χ2n) is 7.56. The predicted molar refractivity (Wildman–Crippen MR) is 95.7 cm³/mol. The van der Waals surface area contributed by atoms with Crippen molar-refractivity contribution < 1.29 is 19.1 Å². The van der Waals surface area contributed by atoms with Gasteiger partial charge in [-0.2, -0.15) is 4.39 Å². The number of imidazole rings is 1. The van der Waals surface area contributed by atoms with Crippen molar-refractivity contribution in [1.29, 1.82) is 0 Å². The molecular formula is C19H23FN4O3. The number of carbonyl (C=O) groups is 2. The summed E-state index contributed by atoms with van der Waals surface area (Å²) in [4.78, 5) is 33.2. The van der Waals surface area contributed by atoms with Crippen molar-refractivity contribution in [1.82, 2.24) is 19.2 Å². The first kappa shape index (κ1) is 17.9. The topological polar surface area (TPSA) is 78.1 Å². The van der Waals surface area contributed by atoms with Crippen LogP contribution in [0.2, 0.25) is 0 Å². The van der Waals surface area contributed by atoms with Crippen LogP contribution in [0, 0.1) is 18.3 Å².